The second-order valence-electron chi connectivity index (χ2n) is 4.62. The van der Waals surface area contributed by atoms with Gasteiger partial charge in [-0.05, 0) is 36.8 Å². The minimum absolute atomic E-state index is 0.0605. The molecule has 0 saturated carbocycles. The van der Waals surface area contributed by atoms with Crippen LogP contribution in [0.4, 0.5) is 11.4 Å². The van der Waals surface area contributed by atoms with Crippen molar-refractivity contribution in [3.05, 3.63) is 58.6 Å². The lowest BCUT2D eigenvalue weighted by molar-refractivity contribution is 0.603. The minimum Gasteiger partial charge on any atom is -0.378 e. The molecule has 0 heterocycles. The van der Waals surface area contributed by atoms with Gasteiger partial charge in [-0.15, -0.1) is 0 Å². The van der Waals surface area contributed by atoms with Crippen LogP contribution in [-0.4, -0.2) is 8.42 Å². The molecule has 0 radical (unpaired) electrons. The van der Waals surface area contributed by atoms with E-state index in [1.807, 2.05) is 37.3 Å². The van der Waals surface area contributed by atoms with Crippen molar-refractivity contribution in [2.45, 2.75) is 13.0 Å². The number of halogens is 1. The SMILES string of the molecule is CC(Nc1cccc(NS(N)(=O)=O)c1)c1ccccc1Br. The van der Waals surface area contributed by atoms with Crippen LogP contribution >= 0.6 is 15.9 Å². The van der Waals surface area contributed by atoms with E-state index in [1.54, 1.807) is 18.2 Å². The molecular formula is C14H16BrN3O2S. The number of hydrogen-bond donors (Lipinski definition) is 3. The molecule has 4 N–H and O–H groups in total. The molecule has 0 aliphatic rings. The predicted molar refractivity (Wildman–Crippen MR) is 89.4 cm³/mol. The number of rotatable bonds is 5. The highest BCUT2D eigenvalue weighted by Gasteiger charge is 2.09. The second kappa shape index (κ2) is 6.46. The maximum atomic E-state index is 11.0. The van der Waals surface area contributed by atoms with Crippen molar-refractivity contribution in [3.63, 3.8) is 0 Å². The number of nitrogens with one attached hydrogen (secondary N) is 2. The summed E-state index contributed by atoms with van der Waals surface area (Å²) < 4.78 is 25.3. The van der Waals surface area contributed by atoms with Crippen LogP contribution < -0.4 is 15.2 Å². The van der Waals surface area contributed by atoms with Gasteiger partial charge in [0, 0.05) is 16.2 Å². The van der Waals surface area contributed by atoms with E-state index in [2.05, 4.69) is 26.0 Å². The van der Waals surface area contributed by atoms with Crippen LogP contribution in [0.2, 0.25) is 0 Å². The average Bonchev–Trinajstić information content (AvgIpc) is 2.37. The van der Waals surface area contributed by atoms with Crippen molar-refractivity contribution < 1.29 is 8.42 Å². The van der Waals surface area contributed by atoms with E-state index in [9.17, 15) is 8.42 Å². The number of benzene rings is 2. The molecule has 2 aromatic carbocycles. The van der Waals surface area contributed by atoms with Crippen molar-refractivity contribution in [3.8, 4) is 0 Å². The van der Waals surface area contributed by atoms with Gasteiger partial charge in [-0.2, -0.15) is 8.42 Å². The Balaban J connectivity index is 2.16. The highest BCUT2D eigenvalue weighted by atomic mass is 79.9. The molecule has 0 bridgehead atoms. The molecule has 0 aliphatic heterocycles. The second-order valence-corrected chi connectivity index (χ2v) is 6.76. The molecule has 21 heavy (non-hydrogen) atoms. The van der Waals surface area contributed by atoms with E-state index >= 15 is 0 Å². The summed E-state index contributed by atoms with van der Waals surface area (Å²) in [5.41, 5.74) is 2.33. The first-order valence-corrected chi connectivity index (χ1v) is 8.60. The summed E-state index contributed by atoms with van der Waals surface area (Å²) >= 11 is 3.52. The maximum Gasteiger partial charge on any atom is 0.296 e. The fourth-order valence-electron chi connectivity index (χ4n) is 1.99. The van der Waals surface area contributed by atoms with Crippen molar-refractivity contribution in [2.24, 2.45) is 5.14 Å². The van der Waals surface area contributed by atoms with E-state index < -0.39 is 10.2 Å². The Kier molecular flexibility index (Phi) is 4.87. The number of anilines is 2. The third-order valence-electron chi connectivity index (χ3n) is 2.88. The minimum atomic E-state index is -3.77. The summed E-state index contributed by atoms with van der Waals surface area (Å²) in [4.78, 5) is 0. The standard InChI is InChI=1S/C14H16BrN3O2S/c1-10(13-7-2-3-8-14(13)15)17-11-5-4-6-12(9-11)18-21(16,19)20/h2-10,17-18H,1H3,(H2,16,19,20). The smallest absolute Gasteiger partial charge is 0.296 e. The van der Waals surface area contributed by atoms with E-state index in [4.69, 9.17) is 5.14 Å². The van der Waals surface area contributed by atoms with E-state index in [-0.39, 0.29) is 6.04 Å². The van der Waals surface area contributed by atoms with Crippen molar-refractivity contribution >= 4 is 37.5 Å². The summed E-state index contributed by atoms with van der Waals surface area (Å²) in [6.45, 7) is 2.03. The summed E-state index contributed by atoms with van der Waals surface area (Å²) in [5, 5.41) is 8.28. The largest absolute Gasteiger partial charge is 0.378 e. The first-order valence-electron chi connectivity index (χ1n) is 6.27. The Labute approximate surface area is 132 Å². The topological polar surface area (TPSA) is 84.2 Å². The lowest BCUT2D eigenvalue weighted by Crippen LogP contribution is -2.21. The van der Waals surface area contributed by atoms with Gasteiger partial charge < -0.3 is 5.32 Å². The highest BCUT2D eigenvalue weighted by Crippen LogP contribution is 2.27. The molecule has 1 unspecified atom stereocenters. The first-order chi connectivity index (χ1) is 9.85. The predicted octanol–water partition coefficient (Wildman–Crippen LogP) is 3.24. The molecule has 0 spiro atoms. The molecule has 1 atom stereocenters. The van der Waals surface area contributed by atoms with Crippen LogP contribution in [0.5, 0.6) is 0 Å². The lowest BCUT2D eigenvalue weighted by Gasteiger charge is -2.17. The Bertz CT molecular complexity index is 735. The fraction of sp³-hybridized carbons (Fsp3) is 0.143. The van der Waals surface area contributed by atoms with Crippen LogP contribution in [-0.2, 0) is 10.2 Å². The molecule has 0 aromatic heterocycles. The molecule has 0 aliphatic carbocycles. The van der Waals surface area contributed by atoms with Crippen LogP contribution in [0.1, 0.15) is 18.5 Å². The van der Waals surface area contributed by atoms with Gasteiger partial charge in [-0.25, -0.2) is 5.14 Å². The van der Waals surface area contributed by atoms with Gasteiger partial charge in [0.1, 0.15) is 0 Å². The zero-order valence-electron chi connectivity index (χ0n) is 11.4. The van der Waals surface area contributed by atoms with Gasteiger partial charge >= 0.3 is 0 Å². The monoisotopic (exact) mass is 369 g/mol. The van der Waals surface area contributed by atoms with E-state index in [1.165, 1.54) is 0 Å². The molecule has 0 fully saturated rings. The maximum absolute atomic E-state index is 11.0. The summed E-state index contributed by atoms with van der Waals surface area (Å²) in [5.74, 6) is 0. The van der Waals surface area contributed by atoms with E-state index in [0.29, 0.717) is 5.69 Å². The summed E-state index contributed by atoms with van der Waals surface area (Å²) in [7, 11) is -3.77. The van der Waals surface area contributed by atoms with Crippen LogP contribution in [0.25, 0.3) is 0 Å². The third kappa shape index (κ3) is 4.73. The van der Waals surface area contributed by atoms with Gasteiger partial charge in [0.15, 0.2) is 0 Å². The Morgan fingerprint density at radius 3 is 2.43 bits per heavy atom. The average molecular weight is 370 g/mol. The fourth-order valence-corrected chi connectivity index (χ4v) is 3.07. The van der Waals surface area contributed by atoms with Crippen LogP contribution in [0, 0.1) is 0 Å². The quantitative estimate of drug-likeness (QED) is 0.756. The summed E-state index contributed by atoms with van der Waals surface area (Å²) in [6.07, 6.45) is 0. The first kappa shape index (κ1) is 15.8. The van der Waals surface area contributed by atoms with Crippen LogP contribution in [0.3, 0.4) is 0 Å². The third-order valence-corrected chi connectivity index (χ3v) is 4.12. The molecule has 2 rings (SSSR count). The lowest BCUT2D eigenvalue weighted by atomic mass is 10.1. The molecule has 2 aromatic rings. The normalized spacial score (nSPS) is 12.7. The molecule has 0 amide bonds. The zero-order valence-corrected chi connectivity index (χ0v) is 13.8. The summed E-state index contributed by atoms with van der Waals surface area (Å²) in [6, 6.07) is 14.9. The van der Waals surface area contributed by atoms with Crippen molar-refractivity contribution in [1.82, 2.24) is 0 Å². The Morgan fingerprint density at radius 1 is 1.10 bits per heavy atom. The molecular weight excluding hydrogens is 354 g/mol. The van der Waals surface area contributed by atoms with Crippen molar-refractivity contribution in [1.29, 1.82) is 0 Å². The van der Waals surface area contributed by atoms with Crippen molar-refractivity contribution in [2.75, 3.05) is 10.0 Å². The van der Waals surface area contributed by atoms with Gasteiger partial charge in [0.25, 0.3) is 10.2 Å². The Morgan fingerprint density at radius 2 is 1.76 bits per heavy atom. The molecule has 0 saturated heterocycles. The zero-order chi connectivity index (χ0) is 15.5. The van der Waals surface area contributed by atoms with Gasteiger partial charge in [-0.3, -0.25) is 4.72 Å². The van der Waals surface area contributed by atoms with Gasteiger partial charge in [-0.1, -0.05) is 40.2 Å². The van der Waals surface area contributed by atoms with Gasteiger partial charge in [0.2, 0.25) is 0 Å². The van der Waals surface area contributed by atoms with Gasteiger partial charge in [0.05, 0.1) is 5.69 Å². The number of hydrogen-bond acceptors (Lipinski definition) is 3. The van der Waals surface area contributed by atoms with Crippen LogP contribution in [0.15, 0.2) is 53.0 Å². The highest BCUT2D eigenvalue weighted by molar-refractivity contribution is 9.10. The molecule has 5 nitrogen and oxygen atoms in total. The molecule has 7 heteroatoms. The Hall–Kier alpha value is -1.57. The molecule has 112 valence electrons. The number of nitrogens with two attached hydrogens (primary N) is 1. The van der Waals surface area contributed by atoms with E-state index in [0.717, 1.165) is 15.7 Å².